The predicted molar refractivity (Wildman–Crippen MR) is 69.7 cm³/mol. The van der Waals surface area contributed by atoms with Gasteiger partial charge in [0.15, 0.2) is 0 Å². The minimum Gasteiger partial charge on any atom is -0.384 e. The number of methoxy groups -OCH3 is 1. The van der Waals surface area contributed by atoms with E-state index in [1.54, 1.807) is 14.2 Å². The summed E-state index contributed by atoms with van der Waals surface area (Å²) in [4.78, 5) is 4.91. The molecule has 104 valence electrons. The van der Waals surface area contributed by atoms with Crippen molar-refractivity contribution in [1.29, 1.82) is 0 Å². The molecule has 4 nitrogen and oxygen atoms in total. The van der Waals surface area contributed by atoms with E-state index in [4.69, 9.17) is 15.3 Å². The van der Waals surface area contributed by atoms with Crippen molar-refractivity contribution in [1.82, 2.24) is 5.48 Å². The van der Waals surface area contributed by atoms with Crippen LogP contribution < -0.4 is 11.2 Å². The van der Waals surface area contributed by atoms with Crippen molar-refractivity contribution in [2.24, 2.45) is 11.7 Å². The van der Waals surface area contributed by atoms with E-state index >= 15 is 0 Å². The Kier molecular flexibility index (Phi) is 7.12. The summed E-state index contributed by atoms with van der Waals surface area (Å²) in [6, 6.07) is -0.346. The molecule has 0 fully saturated rings. The first-order valence-electron chi connectivity index (χ1n) is 6.20. The topological polar surface area (TPSA) is 56.5 Å². The fourth-order valence-electron chi connectivity index (χ4n) is 2.10. The van der Waals surface area contributed by atoms with Gasteiger partial charge in [0.2, 0.25) is 0 Å². The number of alkyl halides is 1. The third-order valence-electron chi connectivity index (χ3n) is 3.12. The van der Waals surface area contributed by atoms with Crippen molar-refractivity contribution in [3.05, 3.63) is 23.8 Å². The van der Waals surface area contributed by atoms with Crippen molar-refractivity contribution in [2.75, 3.05) is 27.5 Å². The van der Waals surface area contributed by atoms with Crippen LogP contribution in [0.3, 0.4) is 0 Å². The zero-order valence-electron chi connectivity index (χ0n) is 11.1. The van der Waals surface area contributed by atoms with Crippen LogP contribution in [0.25, 0.3) is 0 Å². The summed E-state index contributed by atoms with van der Waals surface area (Å²) in [6.45, 7) is -0.109. The molecular formula is C13H23FN2O2. The van der Waals surface area contributed by atoms with E-state index in [1.807, 2.05) is 12.2 Å². The zero-order chi connectivity index (χ0) is 13.4. The second-order valence-electron chi connectivity index (χ2n) is 4.45. The smallest absolute Gasteiger partial charge is 0.105 e. The van der Waals surface area contributed by atoms with Crippen LogP contribution in [0, 0.1) is 5.92 Å². The minimum atomic E-state index is -0.543. The maximum atomic E-state index is 12.7. The Hall–Kier alpha value is -0.750. The van der Waals surface area contributed by atoms with E-state index in [0.29, 0.717) is 6.61 Å². The summed E-state index contributed by atoms with van der Waals surface area (Å²) >= 11 is 0. The lowest BCUT2D eigenvalue weighted by atomic mass is 9.92. The maximum Gasteiger partial charge on any atom is 0.105 e. The highest BCUT2D eigenvalue weighted by molar-refractivity contribution is 5.26. The van der Waals surface area contributed by atoms with Crippen molar-refractivity contribution >= 4 is 0 Å². The Bertz CT molecular complexity index is 295. The van der Waals surface area contributed by atoms with Gasteiger partial charge in [-0.15, -0.1) is 0 Å². The molecule has 0 saturated heterocycles. The average molecular weight is 258 g/mol. The second-order valence-corrected chi connectivity index (χ2v) is 4.45. The monoisotopic (exact) mass is 258 g/mol. The number of halogens is 1. The lowest BCUT2D eigenvalue weighted by molar-refractivity contribution is 0.0718. The summed E-state index contributed by atoms with van der Waals surface area (Å²) in [5, 5.41) is 0. The van der Waals surface area contributed by atoms with E-state index in [9.17, 15) is 4.39 Å². The largest absolute Gasteiger partial charge is 0.384 e. The van der Waals surface area contributed by atoms with Crippen LogP contribution in [0.2, 0.25) is 0 Å². The fraction of sp³-hybridized carbons (Fsp3) is 0.692. The molecule has 0 saturated carbocycles. The van der Waals surface area contributed by atoms with Gasteiger partial charge in [0, 0.05) is 19.1 Å². The molecule has 1 aliphatic carbocycles. The molecule has 0 spiro atoms. The lowest BCUT2D eigenvalue weighted by Gasteiger charge is -2.22. The normalized spacial score (nSPS) is 23.3. The highest BCUT2D eigenvalue weighted by atomic mass is 19.1. The van der Waals surface area contributed by atoms with Gasteiger partial charge >= 0.3 is 0 Å². The number of rotatable bonds is 7. The summed E-state index contributed by atoms with van der Waals surface area (Å²) < 4.78 is 17.9. The van der Waals surface area contributed by atoms with Crippen molar-refractivity contribution < 1.29 is 14.0 Å². The van der Waals surface area contributed by atoms with E-state index in [1.165, 1.54) is 0 Å². The van der Waals surface area contributed by atoms with E-state index in [-0.39, 0.29) is 12.0 Å². The van der Waals surface area contributed by atoms with Crippen LogP contribution in [0.15, 0.2) is 23.8 Å². The highest BCUT2D eigenvalue weighted by Gasteiger charge is 2.22. The van der Waals surface area contributed by atoms with Gasteiger partial charge in [0.05, 0.1) is 19.8 Å². The van der Waals surface area contributed by atoms with Gasteiger partial charge in [-0.05, 0) is 18.4 Å². The minimum absolute atomic E-state index is 0.0995. The molecule has 5 heteroatoms. The molecule has 0 bridgehead atoms. The Balaban J connectivity index is 2.72. The van der Waals surface area contributed by atoms with Gasteiger partial charge in [-0.3, -0.25) is 0 Å². The molecule has 1 rings (SSSR count). The number of hydrogen-bond donors (Lipinski definition) is 2. The second kappa shape index (κ2) is 8.37. The quantitative estimate of drug-likeness (QED) is 0.677. The Morgan fingerprint density at radius 2 is 2.33 bits per heavy atom. The third-order valence-corrected chi connectivity index (χ3v) is 3.12. The Morgan fingerprint density at radius 1 is 1.56 bits per heavy atom. The van der Waals surface area contributed by atoms with Gasteiger partial charge in [-0.1, -0.05) is 18.2 Å². The predicted octanol–water partition coefficient (Wildman–Crippen LogP) is 1.34. The molecule has 0 aliphatic heterocycles. The van der Waals surface area contributed by atoms with E-state index < -0.39 is 12.7 Å². The summed E-state index contributed by atoms with van der Waals surface area (Å²) in [5.74, 6) is -0.0995. The van der Waals surface area contributed by atoms with Crippen LogP contribution in [0.4, 0.5) is 4.39 Å². The molecule has 0 aromatic heterocycles. The molecular weight excluding hydrogens is 235 g/mol. The molecule has 3 N–H and O–H groups in total. The van der Waals surface area contributed by atoms with Crippen molar-refractivity contribution in [3.8, 4) is 0 Å². The first-order chi connectivity index (χ1) is 8.72. The number of ether oxygens (including phenoxy) is 1. The van der Waals surface area contributed by atoms with Gasteiger partial charge in [0.1, 0.15) is 6.67 Å². The Labute approximate surface area is 108 Å². The number of nitrogens with two attached hydrogens (primary N) is 1. The summed E-state index contributed by atoms with van der Waals surface area (Å²) in [7, 11) is 3.20. The van der Waals surface area contributed by atoms with Crippen molar-refractivity contribution in [2.45, 2.75) is 24.9 Å². The molecule has 0 aromatic carbocycles. The molecule has 3 atom stereocenters. The van der Waals surface area contributed by atoms with Crippen LogP contribution >= 0.6 is 0 Å². The molecule has 0 heterocycles. The van der Waals surface area contributed by atoms with Gasteiger partial charge in [-0.2, -0.15) is 5.48 Å². The van der Waals surface area contributed by atoms with Crippen molar-refractivity contribution in [3.63, 3.8) is 0 Å². The fourth-order valence-corrected chi connectivity index (χ4v) is 2.10. The highest BCUT2D eigenvalue weighted by Crippen LogP contribution is 2.21. The zero-order valence-corrected chi connectivity index (χ0v) is 11.1. The summed E-state index contributed by atoms with van der Waals surface area (Å²) in [6.07, 6.45) is 7.97. The van der Waals surface area contributed by atoms with Crippen LogP contribution in [0.5, 0.6) is 0 Å². The molecule has 3 unspecified atom stereocenters. The molecule has 18 heavy (non-hydrogen) atoms. The third kappa shape index (κ3) is 4.49. The van der Waals surface area contributed by atoms with E-state index in [2.05, 4.69) is 11.6 Å². The first-order valence-corrected chi connectivity index (χ1v) is 6.20. The summed E-state index contributed by atoms with van der Waals surface area (Å²) in [5.41, 5.74) is 9.75. The van der Waals surface area contributed by atoms with Gasteiger partial charge in [-0.25, -0.2) is 4.39 Å². The number of hydroxylamine groups is 1. The van der Waals surface area contributed by atoms with Crippen LogP contribution in [-0.2, 0) is 9.57 Å². The molecule has 0 radical (unpaired) electrons. The maximum absolute atomic E-state index is 12.7. The van der Waals surface area contributed by atoms with Crippen LogP contribution in [0.1, 0.15) is 12.8 Å². The molecule has 1 aliphatic rings. The van der Waals surface area contributed by atoms with Crippen LogP contribution in [-0.4, -0.2) is 39.6 Å². The van der Waals surface area contributed by atoms with E-state index in [0.717, 1.165) is 18.4 Å². The molecule has 0 amide bonds. The SMILES string of the molecule is COCC(C1=CCCC(NOC)C=C1)C(N)CF. The lowest BCUT2D eigenvalue weighted by Crippen LogP contribution is -2.35. The number of hydrogen-bond acceptors (Lipinski definition) is 4. The number of allylic oxidation sites excluding steroid dienone is 2. The Morgan fingerprint density at radius 3 is 2.94 bits per heavy atom. The number of nitrogens with one attached hydrogen (secondary N) is 1. The van der Waals surface area contributed by atoms with Gasteiger partial charge < -0.3 is 15.3 Å². The first kappa shape index (κ1) is 15.3. The molecule has 0 aromatic rings. The standard InChI is InChI=1S/C13H23FN2O2/c1-17-9-12(13(15)8-14)10-4-3-5-11(7-6-10)16-18-2/h4,6-7,11-13,16H,3,5,8-9,15H2,1-2H3. The van der Waals surface area contributed by atoms with Gasteiger partial charge in [0.25, 0.3) is 0 Å². The average Bonchev–Trinajstić information content (AvgIpc) is 2.61.